The van der Waals surface area contributed by atoms with Gasteiger partial charge in [-0.2, -0.15) is 23.5 Å². The molecule has 0 aliphatic carbocycles. The zero-order chi connectivity index (χ0) is 25.2. The molecular weight excluding hydrogens is 457 g/mol. The van der Waals surface area contributed by atoms with Gasteiger partial charge in [-0.05, 0) is 50.6 Å². The zero-order valence-electron chi connectivity index (χ0n) is 19.5. The number of carbonyl (C=O) groups is 1. The van der Waals surface area contributed by atoms with E-state index in [2.05, 4.69) is 16.2 Å². The van der Waals surface area contributed by atoms with Crippen LogP contribution in [0, 0.1) is 25.2 Å². The Morgan fingerprint density at radius 3 is 2.66 bits per heavy atom. The quantitative estimate of drug-likeness (QED) is 0.561. The summed E-state index contributed by atoms with van der Waals surface area (Å²) in [5.74, 6) is 0.557. The Morgan fingerprint density at radius 2 is 1.91 bits per heavy atom. The average molecular weight is 483 g/mol. The first kappa shape index (κ1) is 24.3. The fourth-order valence-electron chi connectivity index (χ4n) is 4.37. The van der Waals surface area contributed by atoms with Crippen molar-refractivity contribution >= 4 is 11.7 Å². The molecule has 0 saturated carbocycles. The summed E-state index contributed by atoms with van der Waals surface area (Å²) in [5.41, 5.74) is 2.01. The molecule has 182 valence electrons. The molecule has 1 aliphatic rings. The van der Waals surface area contributed by atoms with Crippen LogP contribution in [-0.4, -0.2) is 51.8 Å². The molecule has 0 N–H and O–H groups in total. The molecule has 0 radical (unpaired) electrons. The van der Waals surface area contributed by atoms with Crippen molar-refractivity contribution in [2.75, 3.05) is 31.1 Å². The van der Waals surface area contributed by atoms with E-state index in [1.807, 2.05) is 4.90 Å². The van der Waals surface area contributed by atoms with Gasteiger partial charge in [-0.1, -0.05) is 6.07 Å². The molecule has 0 atom stereocenters. The molecule has 1 amide bonds. The molecule has 0 unspecified atom stereocenters. The number of benzene rings is 1. The smallest absolute Gasteiger partial charge is 0.354 e. The number of nitrogens with zero attached hydrogens (tertiary/aromatic N) is 6. The summed E-state index contributed by atoms with van der Waals surface area (Å²) < 4.78 is 40.9. The summed E-state index contributed by atoms with van der Waals surface area (Å²) in [6, 6.07) is 10.6. The van der Waals surface area contributed by atoms with Crippen LogP contribution >= 0.6 is 0 Å². The molecule has 35 heavy (non-hydrogen) atoms. The van der Waals surface area contributed by atoms with E-state index in [-0.39, 0.29) is 12.3 Å². The van der Waals surface area contributed by atoms with Crippen LogP contribution in [0.2, 0.25) is 0 Å². The first-order valence-corrected chi connectivity index (χ1v) is 11.3. The summed E-state index contributed by atoms with van der Waals surface area (Å²) in [4.78, 5) is 21.3. The van der Waals surface area contributed by atoms with E-state index >= 15 is 0 Å². The van der Waals surface area contributed by atoms with Gasteiger partial charge >= 0.3 is 6.18 Å². The van der Waals surface area contributed by atoms with Crippen molar-refractivity contribution in [3.05, 3.63) is 70.7 Å². The molecule has 1 fully saturated rings. The van der Waals surface area contributed by atoms with Crippen molar-refractivity contribution in [3.8, 4) is 11.8 Å². The van der Waals surface area contributed by atoms with E-state index in [4.69, 9.17) is 0 Å². The maximum absolute atomic E-state index is 13.2. The van der Waals surface area contributed by atoms with E-state index < -0.39 is 11.7 Å². The monoisotopic (exact) mass is 482 g/mol. The van der Waals surface area contributed by atoms with Gasteiger partial charge in [0, 0.05) is 43.6 Å². The molecule has 0 bridgehead atoms. The summed E-state index contributed by atoms with van der Waals surface area (Å²) in [7, 11) is 0. The molecular formula is C25H25F3N6O. The lowest BCUT2D eigenvalue weighted by Gasteiger charge is -2.23. The predicted octanol–water partition coefficient (Wildman–Crippen LogP) is 4.06. The Hall–Kier alpha value is -3.87. The number of anilines is 1. The molecule has 1 aliphatic heterocycles. The number of carbonyl (C=O) groups excluding carboxylic acids is 1. The van der Waals surface area contributed by atoms with Crippen molar-refractivity contribution in [2.45, 2.75) is 32.9 Å². The van der Waals surface area contributed by atoms with Gasteiger partial charge in [0.05, 0.1) is 28.9 Å². The van der Waals surface area contributed by atoms with E-state index in [1.165, 1.54) is 10.7 Å². The van der Waals surface area contributed by atoms with Crippen LogP contribution in [0.1, 0.15) is 34.5 Å². The Kier molecular flexibility index (Phi) is 6.78. The number of halogens is 3. The molecule has 10 heteroatoms. The maximum atomic E-state index is 13.2. The molecule has 1 saturated heterocycles. The van der Waals surface area contributed by atoms with E-state index in [1.54, 1.807) is 43.1 Å². The van der Waals surface area contributed by atoms with Crippen molar-refractivity contribution in [1.29, 1.82) is 5.26 Å². The Bertz CT molecular complexity index is 1280. The first-order valence-electron chi connectivity index (χ1n) is 11.3. The highest BCUT2D eigenvalue weighted by Crippen LogP contribution is 2.31. The summed E-state index contributed by atoms with van der Waals surface area (Å²) >= 11 is 0. The molecule has 0 spiro atoms. The first-order chi connectivity index (χ1) is 16.7. The van der Waals surface area contributed by atoms with E-state index in [0.717, 1.165) is 18.6 Å². The van der Waals surface area contributed by atoms with Gasteiger partial charge in [-0.3, -0.25) is 4.79 Å². The van der Waals surface area contributed by atoms with E-state index in [9.17, 15) is 23.2 Å². The van der Waals surface area contributed by atoms with Crippen molar-refractivity contribution in [1.82, 2.24) is 19.7 Å². The van der Waals surface area contributed by atoms with Crippen LogP contribution < -0.4 is 4.90 Å². The topological polar surface area (TPSA) is 78.1 Å². The molecule has 3 aromatic rings. The number of alkyl halides is 3. The second kappa shape index (κ2) is 9.78. The lowest BCUT2D eigenvalue weighted by atomic mass is 10.1. The van der Waals surface area contributed by atoms with Crippen molar-refractivity contribution < 1.29 is 18.0 Å². The lowest BCUT2D eigenvalue weighted by Crippen LogP contribution is -2.36. The van der Waals surface area contributed by atoms with Crippen LogP contribution in [0.4, 0.5) is 19.0 Å². The normalized spacial score (nSPS) is 14.5. The highest BCUT2D eigenvalue weighted by atomic mass is 19.4. The number of aromatic nitrogens is 3. The SMILES string of the molecule is Cc1nn(-c2cccc(C(F)(F)F)c2)c(C)c1CC(=O)N1CCCN(c2ncccc2C#N)CC1. The Balaban J connectivity index is 1.49. The van der Waals surface area contributed by atoms with Gasteiger partial charge in [0.15, 0.2) is 0 Å². The molecule has 1 aromatic carbocycles. The average Bonchev–Trinajstić information content (AvgIpc) is 3.01. The van der Waals surface area contributed by atoms with Crippen molar-refractivity contribution in [3.63, 3.8) is 0 Å². The van der Waals surface area contributed by atoms with Gasteiger partial charge in [0.1, 0.15) is 11.9 Å². The van der Waals surface area contributed by atoms with Gasteiger partial charge < -0.3 is 9.80 Å². The highest BCUT2D eigenvalue weighted by Gasteiger charge is 2.31. The zero-order valence-corrected chi connectivity index (χ0v) is 19.5. The van der Waals surface area contributed by atoms with Crippen LogP contribution in [0.15, 0.2) is 42.6 Å². The fourth-order valence-corrected chi connectivity index (χ4v) is 4.37. The van der Waals surface area contributed by atoms with Gasteiger partial charge in [-0.15, -0.1) is 0 Å². The van der Waals surface area contributed by atoms with E-state index in [0.29, 0.717) is 60.2 Å². The largest absolute Gasteiger partial charge is 0.416 e. The van der Waals surface area contributed by atoms with Gasteiger partial charge in [0.2, 0.25) is 5.91 Å². The molecule has 7 nitrogen and oxygen atoms in total. The Morgan fingerprint density at radius 1 is 1.11 bits per heavy atom. The molecule has 3 heterocycles. The number of hydrogen-bond donors (Lipinski definition) is 0. The van der Waals surface area contributed by atoms with Crippen LogP contribution in [0.25, 0.3) is 5.69 Å². The van der Waals surface area contributed by atoms with Gasteiger partial charge in [-0.25, -0.2) is 9.67 Å². The number of rotatable bonds is 4. The third-order valence-electron chi connectivity index (χ3n) is 6.24. The van der Waals surface area contributed by atoms with Crippen LogP contribution in [0.5, 0.6) is 0 Å². The minimum Gasteiger partial charge on any atom is -0.354 e. The summed E-state index contributed by atoms with van der Waals surface area (Å²) in [6.07, 6.45) is -1.95. The number of amides is 1. The lowest BCUT2D eigenvalue weighted by molar-refractivity contribution is -0.137. The predicted molar refractivity (Wildman–Crippen MR) is 124 cm³/mol. The Labute approximate surface area is 201 Å². The summed E-state index contributed by atoms with van der Waals surface area (Å²) in [5, 5.41) is 13.8. The molecule has 4 rings (SSSR count). The standard InChI is InChI=1S/C25H25F3N6O/c1-17-22(18(2)34(31-17)21-8-3-7-20(14-21)25(26,27)28)15-23(35)32-10-5-11-33(13-12-32)24-19(16-29)6-4-9-30-24/h3-4,6-9,14H,5,10-13,15H2,1-2H3. The number of hydrogen-bond acceptors (Lipinski definition) is 5. The third kappa shape index (κ3) is 5.14. The molecule has 2 aromatic heterocycles. The van der Waals surface area contributed by atoms with Crippen LogP contribution in [-0.2, 0) is 17.4 Å². The van der Waals surface area contributed by atoms with Crippen molar-refractivity contribution in [2.24, 2.45) is 0 Å². The minimum atomic E-state index is -4.45. The number of nitriles is 1. The second-order valence-electron chi connectivity index (χ2n) is 8.49. The third-order valence-corrected chi connectivity index (χ3v) is 6.24. The van der Waals surface area contributed by atoms with Crippen LogP contribution in [0.3, 0.4) is 0 Å². The maximum Gasteiger partial charge on any atom is 0.416 e. The van der Waals surface area contributed by atoms with Gasteiger partial charge in [0.25, 0.3) is 0 Å². The second-order valence-corrected chi connectivity index (χ2v) is 8.49. The fraction of sp³-hybridized carbons (Fsp3) is 0.360. The number of pyridine rings is 1. The number of aryl methyl sites for hydroxylation is 1. The minimum absolute atomic E-state index is 0.0665. The summed E-state index contributed by atoms with van der Waals surface area (Å²) in [6.45, 7) is 5.82. The highest BCUT2D eigenvalue weighted by molar-refractivity contribution is 5.79.